The van der Waals surface area contributed by atoms with Crippen LogP contribution in [0.5, 0.6) is 0 Å². The van der Waals surface area contributed by atoms with Gasteiger partial charge in [-0.15, -0.1) is 12.4 Å². The number of nitrogens with zero attached hydrogens (tertiary/aromatic N) is 1. The normalized spacial score (nSPS) is 16.2. The number of halogens is 1. The SMILES string of the molecule is Cc1ccc(-c2ccc(S(=O)(=O)C3(C(=O)NO)CCOCC3)cc2)nc1.Cl. The molecule has 2 aromatic rings. The van der Waals surface area contributed by atoms with E-state index in [4.69, 9.17) is 9.94 Å². The lowest BCUT2D eigenvalue weighted by atomic mass is 9.98. The second-order valence-electron chi connectivity index (χ2n) is 6.30. The van der Waals surface area contributed by atoms with Crippen molar-refractivity contribution in [2.24, 2.45) is 0 Å². The van der Waals surface area contributed by atoms with Gasteiger partial charge in [-0.2, -0.15) is 0 Å². The Morgan fingerprint density at radius 3 is 2.30 bits per heavy atom. The van der Waals surface area contributed by atoms with E-state index < -0.39 is 20.5 Å². The van der Waals surface area contributed by atoms with Crippen LogP contribution in [-0.4, -0.2) is 42.5 Å². The third-order valence-electron chi connectivity index (χ3n) is 4.70. The largest absolute Gasteiger partial charge is 0.381 e. The van der Waals surface area contributed by atoms with E-state index in [1.807, 2.05) is 19.1 Å². The highest BCUT2D eigenvalue weighted by Gasteiger charge is 2.52. The molecule has 0 radical (unpaired) electrons. The maximum Gasteiger partial charge on any atom is 0.265 e. The summed E-state index contributed by atoms with van der Waals surface area (Å²) in [6, 6.07) is 10.0. The van der Waals surface area contributed by atoms with Crippen LogP contribution >= 0.6 is 12.4 Å². The molecule has 0 bridgehead atoms. The lowest BCUT2D eigenvalue weighted by Crippen LogP contribution is -2.54. The highest BCUT2D eigenvalue weighted by atomic mass is 35.5. The average molecular weight is 413 g/mol. The number of sulfone groups is 1. The van der Waals surface area contributed by atoms with Gasteiger partial charge in [0.05, 0.1) is 10.6 Å². The number of ether oxygens (including phenoxy) is 1. The first-order valence-electron chi connectivity index (χ1n) is 8.21. The van der Waals surface area contributed by atoms with Gasteiger partial charge in [-0.3, -0.25) is 15.0 Å². The number of hydrogen-bond donors (Lipinski definition) is 2. The number of benzene rings is 1. The molecule has 2 heterocycles. The zero-order valence-electron chi connectivity index (χ0n) is 14.7. The minimum absolute atomic E-state index is 0. The Bertz CT molecular complexity index is 892. The molecule has 0 saturated carbocycles. The number of rotatable bonds is 4. The Hall–Kier alpha value is -2.00. The van der Waals surface area contributed by atoms with E-state index >= 15 is 0 Å². The zero-order chi connectivity index (χ0) is 18.8. The molecule has 9 heteroatoms. The van der Waals surface area contributed by atoms with Crippen molar-refractivity contribution < 1.29 is 23.2 Å². The van der Waals surface area contributed by atoms with Crippen LogP contribution in [0.1, 0.15) is 18.4 Å². The molecule has 0 aliphatic carbocycles. The van der Waals surface area contributed by atoms with Crippen molar-refractivity contribution in [3.63, 3.8) is 0 Å². The Kier molecular flexibility index (Phi) is 6.59. The van der Waals surface area contributed by atoms with Crippen molar-refractivity contribution in [1.82, 2.24) is 10.5 Å². The molecule has 1 saturated heterocycles. The number of pyridine rings is 1. The molecule has 1 aromatic carbocycles. The first kappa shape index (κ1) is 21.3. The van der Waals surface area contributed by atoms with E-state index in [1.54, 1.807) is 18.3 Å². The van der Waals surface area contributed by atoms with E-state index in [1.165, 1.54) is 17.6 Å². The average Bonchev–Trinajstić information content (AvgIpc) is 2.68. The van der Waals surface area contributed by atoms with Crippen LogP contribution in [0.25, 0.3) is 11.3 Å². The molecule has 146 valence electrons. The van der Waals surface area contributed by atoms with Gasteiger partial charge in [0.25, 0.3) is 5.91 Å². The minimum Gasteiger partial charge on any atom is -0.381 e. The highest BCUT2D eigenvalue weighted by molar-refractivity contribution is 7.93. The van der Waals surface area contributed by atoms with Crippen molar-refractivity contribution in [2.45, 2.75) is 29.4 Å². The fourth-order valence-electron chi connectivity index (χ4n) is 3.09. The molecule has 1 aliphatic rings. The fraction of sp³-hybridized carbons (Fsp3) is 0.333. The summed E-state index contributed by atoms with van der Waals surface area (Å²) in [5.74, 6) is -0.926. The molecular weight excluding hydrogens is 392 g/mol. The quantitative estimate of drug-likeness (QED) is 0.589. The molecule has 1 aliphatic heterocycles. The van der Waals surface area contributed by atoms with Gasteiger partial charge in [0.1, 0.15) is 0 Å². The summed E-state index contributed by atoms with van der Waals surface area (Å²) >= 11 is 0. The second-order valence-corrected chi connectivity index (χ2v) is 8.56. The lowest BCUT2D eigenvalue weighted by molar-refractivity contribution is -0.134. The fourth-order valence-corrected chi connectivity index (χ4v) is 5.03. The maximum atomic E-state index is 13.2. The summed E-state index contributed by atoms with van der Waals surface area (Å²) in [7, 11) is -4.01. The van der Waals surface area contributed by atoms with E-state index in [-0.39, 0.29) is 43.4 Å². The van der Waals surface area contributed by atoms with E-state index in [2.05, 4.69) is 4.98 Å². The molecule has 7 nitrogen and oxygen atoms in total. The number of nitrogens with one attached hydrogen (secondary N) is 1. The van der Waals surface area contributed by atoms with Crippen LogP contribution in [0.4, 0.5) is 0 Å². The predicted octanol–water partition coefficient (Wildman–Crippen LogP) is 2.31. The van der Waals surface area contributed by atoms with Crippen LogP contribution in [-0.2, 0) is 19.4 Å². The zero-order valence-corrected chi connectivity index (χ0v) is 16.3. The predicted molar refractivity (Wildman–Crippen MR) is 102 cm³/mol. The minimum atomic E-state index is -4.01. The number of aromatic nitrogens is 1. The lowest BCUT2D eigenvalue weighted by Gasteiger charge is -2.34. The van der Waals surface area contributed by atoms with Gasteiger partial charge in [-0.25, -0.2) is 13.9 Å². The first-order chi connectivity index (χ1) is 12.4. The number of aryl methyl sites for hydroxylation is 1. The monoisotopic (exact) mass is 412 g/mol. The van der Waals surface area contributed by atoms with Gasteiger partial charge in [-0.1, -0.05) is 18.2 Å². The maximum absolute atomic E-state index is 13.2. The number of carbonyl (C=O) groups is 1. The summed E-state index contributed by atoms with van der Waals surface area (Å²) in [6.07, 6.45) is 1.72. The molecule has 1 fully saturated rings. The van der Waals surface area contributed by atoms with Crippen LogP contribution in [0.2, 0.25) is 0 Å². The summed E-state index contributed by atoms with van der Waals surface area (Å²) in [4.78, 5) is 16.6. The van der Waals surface area contributed by atoms with Gasteiger partial charge in [0.2, 0.25) is 0 Å². The van der Waals surface area contributed by atoms with E-state index in [0.717, 1.165) is 16.8 Å². The number of hydroxylamine groups is 1. The molecule has 1 amide bonds. The summed E-state index contributed by atoms with van der Waals surface area (Å²) < 4.78 is 29.8. The van der Waals surface area contributed by atoms with Gasteiger partial charge in [0, 0.05) is 25.0 Å². The molecule has 0 unspecified atom stereocenters. The second kappa shape index (κ2) is 8.35. The smallest absolute Gasteiger partial charge is 0.265 e. The Labute approximate surface area is 164 Å². The standard InChI is InChI=1S/C18H20N2O5S.ClH/c1-13-2-7-16(19-12-13)14-3-5-15(6-4-14)26(23,24)18(17(21)20-22)8-10-25-11-9-18;/h2-7,12,22H,8-11H2,1H3,(H,20,21);1H. The number of hydrogen-bond acceptors (Lipinski definition) is 6. The van der Waals surface area contributed by atoms with Gasteiger partial charge < -0.3 is 4.74 Å². The summed E-state index contributed by atoms with van der Waals surface area (Å²) in [5.41, 5.74) is 4.05. The van der Waals surface area contributed by atoms with Crippen molar-refractivity contribution in [2.75, 3.05) is 13.2 Å². The molecular formula is C18H21ClN2O5S. The number of amides is 1. The van der Waals surface area contributed by atoms with Crippen LogP contribution < -0.4 is 5.48 Å². The number of carbonyl (C=O) groups excluding carboxylic acids is 1. The summed E-state index contributed by atoms with van der Waals surface area (Å²) in [6.45, 7) is 2.21. The first-order valence-corrected chi connectivity index (χ1v) is 9.69. The summed E-state index contributed by atoms with van der Waals surface area (Å²) in [5, 5.41) is 9.06. The Morgan fingerprint density at radius 1 is 1.15 bits per heavy atom. The molecule has 0 atom stereocenters. The Morgan fingerprint density at radius 2 is 1.78 bits per heavy atom. The van der Waals surface area contributed by atoms with Crippen LogP contribution in [0.3, 0.4) is 0 Å². The van der Waals surface area contributed by atoms with Gasteiger partial charge in [0.15, 0.2) is 14.6 Å². The molecule has 0 spiro atoms. The molecule has 2 N–H and O–H groups in total. The topological polar surface area (TPSA) is 106 Å². The third kappa shape index (κ3) is 3.84. The molecule has 27 heavy (non-hydrogen) atoms. The van der Waals surface area contributed by atoms with Gasteiger partial charge in [-0.05, 0) is 43.5 Å². The third-order valence-corrected chi connectivity index (χ3v) is 7.22. The molecule has 3 rings (SSSR count). The Balaban J connectivity index is 0.00000261. The van der Waals surface area contributed by atoms with Crippen molar-refractivity contribution >= 4 is 28.2 Å². The molecule has 1 aromatic heterocycles. The highest BCUT2D eigenvalue weighted by Crippen LogP contribution is 2.35. The van der Waals surface area contributed by atoms with E-state index in [9.17, 15) is 13.2 Å². The van der Waals surface area contributed by atoms with E-state index in [0.29, 0.717) is 0 Å². The van der Waals surface area contributed by atoms with Crippen LogP contribution in [0.15, 0.2) is 47.5 Å². The van der Waals surface area contributed by atoms with Crippen LogP contribution in [0, 0.1) is 6.92 Å². The van der Waals surface area contributed by atoms with Crippen molar-refractivity contribution in [3.8, 4) is 11.3 Å². The van der Waals surface area contributed by atoms with Gasteiger partial charge >= 0.3 is 0 Å². The van der Waals surface area contributed by atoms with Crippen molar-refractivity contribution in [3.05, 3.63) is 48.2 Å². The van der Waals surface area contributed by atoms with Crippen molar-refractivity contribution in [1.29, 1.82) is 0 Å².